The molecule has 0 bridgehead atoms. The first-order chi connectivity index (χ1) is 11.9. The SMILES string of the molecule is N#Cc1ccccc1OCC(=O)Nc1ccc(OCC(F)(F)F)cc1. The third kappa shape index (κ3) is 6.06. The van der Waals surface area contributed by atoms with Crippen LogP contribution in [-0.4, -0.2) is 25.3 Å². The van der Waals surface area contributed by atoms with Crippen LogP contribution in [0.25, 0.3) is 0 Å². The maximum Gasteiger partial charge on any atom is 0.422 e. The first kappa shape index (κ1) is 18.1. The zero-order chi connectivity index (χ0) is 18.3. The molecule has 0 heterocycles. The highest BCUT2D eigenvalue weighted by Crippen LogP contribution is 2.20. The van der Waals surface area contributed by atoms with E-state index in [0.29, 0.717) is 11.3 Å². The van der Waals surface area contributed by atoms with E-state index in [-0.39, 0.29) is 18.1 Å². The van der Waals surface area contributed by atoms with Crippen LogP contribution in [0.1, 0.15) is 5.56 Å². The Hall–Kier alpha value is -3.21. The lowest BCUT2D eigenvalue weighted by molar-refractivity contribution is -0.153. The van der Waals surface area contributed by atoms with Gasteiger partial charge < -0.3 is 14.8 Å². The Balaban J connectivity index is 1.85. The molecular weight excluding hydrogens is 337 g/mol. The van der Waals surface area contributed by atoms with Crippen LogP contribution in [0.3, 0.4) is 0 Å². The second kappa shape index (κ2) is 8.06. The summed E-state index contributed by atoms with van der Waals surface area (Å²) in [5.74, 6) is -0.151. The monoisotopic (exact) mass is 350 g/mol. The van der Waals surface area contributed by atoms with E-state index in [2.05, 4.69) is 10.1 Å². The van der Waals surface area contributed by atoms with Crippen LogP contribution in [0.4, 0.5) is 18.9 Å². The molecule has 5 nitrogen and oxygen atoms in total. The fraction of sp³-hybridized carbons (Fsp3) is 0.176. The quantitative estimate of drug-likeness (QED) is 0.865. The third-order valence-corrected chi connectivity index (χ3v) is 2.91. The molecule has 0 aliphatic heterocycles. The number of halogens is 3. The molecule has 25 heavy (non-hydrogen) atoms. The van der Waals surface area contributed by atoms with Crippen LogP contribution in [0.2, 0.25) is 0 Å². The summed E-state index contributed by atoms with van der Waals surface area (Å²) in [5.41, 5.74) is 0.683. The Morgan fingerprint density at radius 1 is 1.08 bits per heavy atom. The number of nitriles is 1. The van der Waals surface area contributed by atoms with Crippen molar-refractivity contribution in [2.45, 2.75) is 6.18 Å². The number of benzene rings is 2. The van der Waals surface area contributed by atoms with E-state index in [1.165, 1.54) is 24.3 Å². The smallest absolute Gasteiger partial charge is 0.422 e. The van der Waals surface area contributed by atoms with Crippen molar-refractivity contribution in [3.8, 4) is 17.6 Å². The average Bonchev–Trinajstić information content (AvgIpc) is 2.59. The fourth-order valence-electron chi connectivity index (χ4n) is 1.82. The maximum absolute atomic E-state index is 12.1. The van der Waals surface area contributed by atoms with Crippen molar-refractivity contribution in [3.05, 3.63) is 54.1 Å². The first-order valence-corrected chi connectivity index (χ1v) is 7.09. The number of ether oxygens (including phenoxy) is 2. The van der Waals surface area contributed by atoms with Crippen molar-refractivity contribution in [2.75, 3.05) is 18.5 Å². The van der Waals surface area contributed by atoms with Crippen molar-refractivity contribution in [1.82, 2.24) is 0 Å². The van der Waals surface area contributed by atoms with Gasteiger partial charge in [-0.15, -0.1) is 0 Å². The van der Waals surface area contributed by atoms with Gasteiger partial charge in [0.25, 0.3) is 5.91 Å². The molecule has 0 spiro atoms. The summed E-state index contributed by atoms with van der Waals surface area (Å²) < 4.78 is 46.0. The second-order valence-corrected chi connectivity index (χ2v) is 4.87. The topological polar surface area (TPSA) is 71.3 Å². The van der Waals surface area contributed by atoms with Gasteiger partial charge in [-0.1, -0.05) is 12.1 Å². The number of rotatable bonds is 6. The van der Waals surface area contributed by atoms with Gasteiger partial charge in [-0.25, -0.2) is 0 Å². The van der Waals surface area contributed by atoms with Gasteiger partial charge in [0.05, 0.1) is 5.56 Å². The lowest BCUT2D eigenvalue weighted by Gasteiger charge is -2.11. The molecule has 0 saturated carbocycles. The summed E-state index contributed by atoms with van der Waals surface area (Å²) in [5, 5.41) is 11.5. The van der Waals surface area contributed by atoms with E-state index >= 15 is 0 Å². The second-order valence-electron chi connectivity index (χ2n) is 4.87. The highest BCUT2D eigenvalue weighted by molar-refractivity contribution is 5.91. The molecule has 0 radical (unpaired) electrons. The minimum absolute atomic E-state index is 0.0366. The molecule has 0 aliphatic rings. The van der Waals surface area contributed by atoms with E-state index < -0.39 is 18.7 Å². The predicted octanol–water partition coefficient (Wildman–Crippen LogP) is 3.52. The highest BCUT2D eigenvalue weighted by atomic mass is 19.4. The van der Waals surface area contributed by atoms with Crippen LogP contribution in [0.15, 0.2) is 48.5 Å². The Kier molecular flexibility index (Phi) is 5.84. The molecule has 0 aromatic heterocycles. The summed E-state index contributed by atoms with van der Waals surface area (Å²) in [6.45, 7) is -1.70. The van der Waals surface area contributed by atoms with Crippen LogP contribution < -0.4 is 14.8 Å². The van der Waals surface area contributed by atoms with E-state index in [4.69, 9.17) is 10.00 Å². The number of carbonyl (C=O) groups excluding carboxylic acids is 1. The summed E-state index contributed by atoms with van der Waals surface area (Å²) in [6, 6.07) is 13.9. The number of alkyl halides is 3. The Labute approximate surface area is 141 Å². The third-order valence-electron chi connectivity index (χ3n) is 2.91. The van der Waals surface area contributed by atoms with Gasteiger partial charge >= 0.3 is 6.18 Å². The highest BCUT2D eigenvalue weighted by Gasteiger charge is 2.28. The van der Waals surface area contributed by atoms with Crippen LogP contribution >= 0.6 is 0 Å². The number of carbonyl (C=O) groups is 1. The molecule has 1 N–H and O–H groups in total. The number of nitrogens with zero attached hydrogens (tertiary/aromatic N) is 1. The Morgan fingerprint density at radius 3 is 2.40 bits per heavy atom. The lowest BCUT2D eigenvalue weighted by atomic mass is 10.2. The largest absolute Gasteiger partial charge is 0.484 e. The van der Waals surface area contributed by atoms with Crippen LogP contribution in [0, 0.1) is 11.3 Å². The molecular formula is C17H13F3N2O3. The molecule has 1 amide bonds. The number of amides is 1. The fourth-order valence-corrected chi connectivity index (χ4v) is 1.82. The summed E-state index contributed by atoms with van der Waals surface area (Å²) >= 11 is 0. The van der Waals surface area contributed by atoms with Crippen LogP contribution in [-0.2, 0) is 4.79 Å². The number of nitrogens with one attached hydrogen (secondary N) is 1. The normalized spacial score (nSPS) is 10.6. The standard InChI is InChI=1S/C17H13F3N2O3/c18-17(19,20)11-25-14-7-5-13(6-8-14)22-16(23)10-24-15-4-2-1-3-12(15)9-21/h1-8H,10-11H2,(H,22,23). The molecule has 2 aromatic carbocycles. The number of para-hydroxylation sites is 1. The molecule has 0 saturated heterocycles. The van der Waals surface area contributed by atoms with Gasteiger partial charge in [0.15, 0.2) is 13.2 Å². The van der Waals surface area contributed by atoms with Gasteiger partial charge in [0, 0.05) is 5.69 Å². The molecule has 2 aromatic rings. The molecule has 0 fully saturated rings. The summed E-state index contributed by atoms with van der Waals surface area (Å²) in [7, 11) is 0. The number of anilines is 1. The summed E-state index contributed by atoms with van der Waals surface area (Å²) in [4.78, 5) is 11.8. The number of hydrogen-bond acceptors (Lipinski definition) is 4. The van der Waals surface area contributed by atoms with Crippen molar-refractivity contribution in [1.29, 1.82) is 5.26 Å². The van der Waals surface area contributed by atoms with Crippen LogP contribution in [0.5, 0.6) is 11.5 Å². The average molecular weight is 350 g/mol. The van der Waals surface area contributed by atoms with E-state index in [1.54, 1.807) is 24.3 Å². The molecule has 8 heteroatoms. The van der Waals surface area contributed by atoms with Gasteiger partial charge in [-0.3, -0.25) is 4.79 Å². The zero-order valence-electron chi connectivity index (χ0n) is 12.8. The Bertz CT molecular complexity index is 768. The number of hydrogen-bond donors (Lipinski definition) is 1. The van der Waals surface area contributed by atoms with Gasteiger partial charge in [0.1, 0.15) is 17.6 Å². The molecule has 0 aliphatic carbocycles. The van der Waals surface area contributed by atoms with Crippen molar-refractivity contribution < 1.29 is 27.4 Å². The molecule has 0 atom stereocenters. The molecule has 130 valence electrons. The minimum Gasteiger partial charge on any atom is -0.484 e. The first-order valence-electron chi connectivity index (χ1n) is 7.09. The Morgan fingerprint density at radius 2 is 1.76 bits per heavy atom. The van der Waals surface area contributed by atoms with E-state index in [0.717, 1.165) is 0 Å². The lowest BCUT2D eigenvalue weighted by Crippen LogP contribution is -2.20. The van der Waals surface area contributed by atoms with Crippen molar-refractivity contribution in [3.63, 3.8) is 0 Å². The van der Waals surface area contributed by atoms with Gasteiger partial charge in [0.2, 0.25) is 0 Å². The predicted molar refractivity (Wildman–Crippen MR) is 83.3 cm³/mol. The molecule has 0 unspecified atom stereocenters. The minimum atomic E-state index is -4.41. The molecule has 2 rings (SSSR count). The van der Waals surface area contributed by atoms with Crippen molar-refractivity contribution in [2.24, 2.45) is 0 Å². The zero-order valence-corrected chi connectivity index (χ0v) is 12.8. The van der Waals surface area contributed by atoms with Gasteiger partial charge in [-0.2, -0.15) is 18.4 Å². The summed E-state index contributed by atoms with van der Waals surface area (Å²) in [6.07, 6.45) is -4.41. The maximum atomic E-state index is 12.1. The van der Waals surface area contributed by atoms with Gasteiger partial charge in [-0.05, 0) is 36.4 Å². The van der Waals surface area contributed by atoms with E-state index in [1.807, 2.05) is 6.07 Å². The van der Waals surface area contributed by atoms with E-state index in [9.17, 15) is 18.0 Å². The van der Waals surface area contributed by atoms with Crippen molar-refractivity contribution >= 4 is 11.6 Å².